The lowest BCUT2D eigenvalue weighted by atomic mass is 10.2. The largest absolute Gasteiger partial charge is 0.504 e. The van der Waals surface area contributed by atoms with Gasteiger partial charge in [0.05, 0.1) is 7.11 Å². The van der Waals surface area contributed by atoms with E-state index in [9.17, 15) is 14.7 Å². The molecule has 2 amide bonds. The third-order valence-electron chi connectivity index (χ3n) is 4.24. The van der Waals surface area contributed by atoms with Gasteiger partial charge in [0, 0.05) is 25.9 Å². The Balaban J connectivity index is 1.37. The fraction of sp³-hybridized carbons (Fsp3) is 0.300. The molecule has 8 nitrogen and oxygen atoms in total. The smallest absolute Gasteiger partial charge is 0.231 e. The van der Waals surface area contributed by atoms with Gasteiger partial charge in [-0.15, -0.1) is 0 Å². The third kappa shape index (κ3) is 5.06. The van der Waals surface area contributed by atoms with Crippen molar-refractivity contribution in [1.29, 1.82) is 0 Å². The molecule has 0 aromatic heterocycles. The summed E-state index contributed by atoms with van der Waals surface area (Å²) in [7, 11) is 1.46. The molecule has 0 aliphatic carbocycles. The fourth-order valence-corrected chi connectivity index (χ4v) is 2.69. The zero-order chi connectivity index (χ0) is 19.9. The molecule has 0 atom stereocenters. The molecule has 3 rings (SSSR count). The van der Waals surface area contributed by atoms with E-state index in [-0.39, 0.29) is 43.7 Å². The fourth-order valence-electron chi connectivity index (χ4n) is 2.69. The third-order valence-corrected chi connectivity index (χ3v) is 4.24. The minimum absolute atomic E-state index is 0.0386. The number of hydrogen-bond donors (Lipinski definition) is 3. The Kier molecular flexibility index (Phi) is 6.21. The Hall–Kier alpha value is -3.42. The number of rotatable bonds is 8. The van der Waals surface area contributed by atoms with Gasteiger partial charge in [-0.3, -0.25) is 9.59 Å². The van der Waals surface area contributed by atoms with E-state index in [0.717, 1.165) is 11.1 Å². The molecule has 0 unspecified atom stereocenters. The number of ether oxygens (including phenoxy) is 3. The minimum Gasteiger partial charge on any atom is -0.504 e. The molecule has 1 aliphatic rings. The van der Waals surface area contributed by atoms with Gasteiger partial charge in [0.1, 0.15) is 0 Å². The molecule has 2 aromatic carbocycles. The zero-order valence-corrected chi connectivity index (χ0v) is 15.5. The predicted octanol–water partition coefficient (Wildman–Crippen LogP) is 1.84. The first-order chi connectivity index (χ1) is 13.5. The Morgan fingerprint density at radius 2 is 1.57 bits per heavy atom. The molecule has 28 heavy (non-hydrogen) atoms. The molecular formula is C20H22N2O6. The van der Waals surface area contributed by atoms with Gasteiger partial charge in [-0.2, -0.15) is 0 Å². The Morgan fingerprint density at radius 3 is 2.25 bits per heavy atom. The number of phenolic OH excluding ortho intramolecular Hbond substituents is 1. The highest BCUT2D eigenvalue weighted by Gasteiger charge is 2.13. The highest BCUT2D eigenvalue weighted by atomic mass is 16.7. The second-order valence-electron chi connectivity index (χ2n) is 6.25. The average Bonchev–Trinajstić information content (AvgIpc) is 3.18. The summed E-state index contributed by atoms with van der Waals surface area (Å²) in [6.45, 7) is 0.843. The molecule has 1 aliphatic heterocycles. The van der Waals surface area contributed by atoms with E-state index >= 15 is 0 Å². The molecule has 0 saturated heterocycles. The van der Waals surface area contributed by atoms with Crippen molar-refractivity contribution >= 4 is 11.8 Å². The van der Waals surface area contributed by atoms with Crippen LogP contribution in [0.25, 0.3) is 0 Å². The molecule has 2 aromatic rings. The minimum atomic E-state index is -0.231. The summed E-state index contributed by atoms with van der Waals surface area (Å²) in [6.07, 6.45) is 0.178. The topological polar surface area (TPSA) is 106 Å². The molecule has 1 heterocycles. The summed E-state index contributed by atoms with van der Waals surface area (Å²) in [6, 6.07) is 10.3. The second kappa shape index (κ2) is 8.98. The summed E-state index contributed by atoms with van der Waals surface area (Å²) in [5.41, 5.74) is 1.68. The summed E-state index contributed by atoms with van der Waals surface area (Å²) in [5, 5.41) is 15.1. The van der Waals surface area contributed by atoms with Crippen LogP contribution >= 0.6 is 0 Å². The van der Waals surface area contributed by atoms with E-state index in [4.69, 9.17) is 14.2 Å². The van der Waals surface area contributed by atoms with Gasteiger partial charge in [-0.25, -0.2) is 0 Å². The molecule has 3 N–H and O–H groups in total. The van der Waals surface area contributed by atoms with Crippen LogP contribution in [-0.4, -0.2) is 30.8 Å². The van der Waals surface area contributed by atoms with E-state index in [2.05, 4.69) is 10.6 Å². The van der Waals surface area contributed by atoms with Crippen molar-refractivity contribution in [3.8, 4) is 23.0 Å². The van der Waals surface area contributed by atoms with Crippen molar-refractivity contribution in [2.75, 3.05) is 13.9 Å². The Labute approximate surface area is 162 Å². The van der Waals surface area contributed by atoms with Gasteiger partial charge in [-0.05, 0) is 35.4 Å². The average molecular weight is 386 g/mol. The highest BCUT2D eigenvalue weighted by Crippen LogP contribution is 2.32. The molecule has 0 bridgehead atoms. The van der Waals surface area contributed by atoms with Crippen molar-refractivity contribution in [1.82, 2.24) is 10.6 Å². The van der Waals surface area contributed by atoms with E-state index in [0.29, 0.717) is 23.8 Å². The lowest BCUT2D eigenvalue weighted by Crippen LogP contribution is -2.27. The molecular weight excluding hydrogens is 364 g/mol. The normalized spacial score (nSPS) is 11.8. The molecule has 0 fully saturated rings. The van der Waals surface area contributed by atoms with E-state index in [1.165, 1.54) is 13.2 Å². The van der Waals surface area contributed by atoms with Crippen LogP contribution in [0, 0.1) is 0 Å². The number of amides is 2. The number of hydrogen-bond acceptors (Lipinski definition) is 6. The van der Waals surface area contributed by atoms with Crippen LogP contribution in [0.1, 0.15) is 24.0 Å². The van der Waals surface area contributed by atoms with Crippen LogP contribution in [0.15, 0.2) is 36.4 Å². The number of phenols is 1. The Morgan fingerprint density at radius 1 is 0.964 bits per heavy atom. The number of benzene rings is 2. The van der Waals surface area contributed by atoms with Crippen LogP contribution in [0.2, 0.25) is 0 Å². The number of carbonyl (C=O) groups excluding carboxylic acids is 2. The molecule has 0 radical (unpaired) electrons. The van der Waals surface area contributed by atoms with Crippen LogP contribution in [0.5, 0.6) is 23.0 Å². The SMILES string of the molecule is COc1cc(CNC(=O)CCC(=O)NCc2ccc3c(c2)OCO3)ccc1O. The lowest BCUT2D eigenvalue weighted by molar-refractivity contribution is -0.126. The Bertz CT molecular complexity index is 841. The van der Waals surface area contributed by atoms with Crippen molar-refractivity contribution in [3.05, 3.63) is 47.5 Å². The first-order valence-corrected chi connectivity index (χ1v) is 8.83. The molecule has 0 spiro atoms. The van der Waals surface area contributed by atoms with E-state index < -0.39 is 0 Å². The number of carbonyl (C=O) groups is 2. The summed E-state index contributed by atoms with van der Waals surface area (Å²) >= 11 is 0. The predicted molar refractivity (Wildman–Crippen MR) is 100 cm³/mol. The monoisotopic (exact) mass is 386 g/mol. The van der Waals surface area contributed by atoms with Crippen molar-refractivity contribution in [2.24, 2.45) is 0 Å². The maximum Gasteiger partial charge on any atom is 0.231 e. The van der Waals surface area contributed by atoms with Gasteiger partial charge in [0.2, 0.25) is 18.6 Å². The standard InChI is InChI=1S/C20H22N2O6/c1-26-17-8-13(2-4-15(17)23)10-21-19(24)6-7-20(25)22-11-14-3-5-16-18(9-14)28-12-27-16/h2-5,8-9,23H,6-7,10-12H2,1H3,(H,21,24)(H,22,25). The van der Waals surface area contributed by atoms with Gasteiger partial charge in [-0.1, -0.05) is 12.1 Å². The van der Waals surface area contributed by atoms with Crippen LogP contribution in [-0.2, 0) is 22.7 Å². The number of aromatic hydroxyl groups is 1. The van der Waals surface area contributed by atoms with Gasteiger partial charge in [0.15, 0.2) is 23.0 Å². The van der Waals surface area contributed by atoms with Crippen molar-refractivity contribution < 1.29 is 28.9 Å². The van der Waals surface area contributed by atoms with Crippen LogP contribution < -0.4 is 24.8 Å². The maximum absolute atomic E-state index is 12.0. The highest BCUT2D eigenvalue weighted by molar-refractivity contribution is 5.83. The number of nitrogens with one attached hydrogen (secondary N) is 2. The molecule has 8 heteroatoms. The van der Waals surface area contributed by atoms with Gasteiger partial charge in [0.25, 0.3) is 0 Å². The van der Waals surface area contributed by atoms with Crippen molar-refractivity contribution in [3.63, 3.8) is 0 Å². The molecule has 0 saturated carbocycles. The van der Waals surface area contributed by atoms with Gasteiger partial charge < -0.3 is 30.0 Å². The van der Waals surface area contributed by atoms with Gasteiger partial charge >= 0.3 is 0 Å². The van der Waals surface area contributed by atoms with E-state index in [1.54, 1.807) is 18.2 Å². The maximum atomic E-state index is 12.0. The summed E-state index contributed by atoms with van der Waals surface area (Å²) in [5.74, 6) is 1.30. The zero-order valence-electron chi connectivity index (χ0n) is 15.5. The van der Waals surface area contributed by atoms with Crippen molar-refractivity contribution in [2.45, 2.75) is 25.9 Å². The van der Waals surface area contributed by atoms with Crippen LogP contribution in [0.4, 0.5) is 0 Å². The molecule has 148 valence electrons. The van der Waals surface area contributed by atoms with E-state index in [1.807, 2.05) is 12.1 Å². The quantitative estimate of drug-likeness (QED) is 0.639. The summed E-state index contributed by atoms with van der Waals surface area (Å²) in [4.78, 5) is 23.9. The number of fused-ring (bicyclic) bond motifs is 1. The first-order valence-electron chi connectivity index (χ1n) is 8.83. The second-order valence-corrected chi connectivity index (χ2v) is 6.25. The number of methoxy groups -OCH3 is 1. The first kappa shape index (κ1) is 19.3. The lowest BCUT2D eigenvalue weighted by Gasteiger charge is -2.09. The van der Waals surface area contributed by atoms with Crippen LogP contribution in [0.3, 0.4) is 0 Å². The summed E-state index contributed by atoms with van der Waals surface area (Å²) < 4.78 is 15.6.